The van der Waals surface area contributed by atoms with Crippen molar-refractivity contribution in [3.8, 4) is 11.3 Å². The van der Waals surface area contributed by atoms with Crippen molar-refractivity contribution in [1.82, 2.24) is 19.9 Å². The van der Waals surface area contributed by atoms with Crippen molar-refractivity contribution in [2.45, 2.75) is 20.3 Å². The Labute approximate surface area is 170 Å². The Morgan fingerprint density at radius 3 is 2.41 bits per heavy atom. The standard InChI is InChI=1S/C21H19N5O.C2H6/c22-21-24-19-8-4-7-18(26(19)25-21)16-9-11-17(12-10-16)20(27)23-14-13-15-5-2-1-3-6-15;1-2/h1-12H,13-14H2,(H2,22,25)(H,23,27);1-2H3. The monoisotopic (exact) mass is 387 g/mol. The molecule has 0 aliphatic carbocycles. The SMILES string of the molecule is CC.Nc1nc2cccc(-c3ccc(C(=O)NCCc4ccccc4)cc3)n2n1. The number of nitrogens with one attached hydrogen (secondary N) is 1. The van der Waals surface area contributed by atoms with Crippen LogP contribution in [0.5, 0.6) is 0 Å². The fourth-order valence-electron chi connectivity index (χ4n) is 3.00. The molecule has 0 aliphatic rings. The van der Waals surface area contributed by atoms with Crippen molar-refractivity contribution in [2.24, 2.45) is 0 Å². The molecule has 2 aromatic carbocycles. The molecule has 0 radical (unpaired) electrons. The lowest BCUT2D eigenvalue weighted by Gasteiger charge is -2.07. The first-order valence-corrected chi connectivity index (χ1v) is 9.74. The first-order valence-electron chi connectivity index (χ1n) is 9.74. The first-order chi connectivity index (χ1) is 14.2. The van der Waals surface area contributed by atoms with Crippen molar-refractivity contribution in [3.05, 3.63) is 83.9 Å². The number of benzene rings is 2. The molecule has 3 N–H and O–H groups in total. The zero-order valence-corrected chi connectivity index (χ0v) is 16.7. The number of nitrogens with two attached hydrogens (primary N) is 1. The quantitative estimate of drug-likeness (QED) is 0.542. The van der Waals surface area contributed by atoms with E-state index in [0.29, 0.717) is 17.8 Å². The number of nitrogen functional groups attached to an aromatic ring is 1. The van der Waals surface area contributed by atoms with E-state index in [9.17, 15) is 4.79 Å². The second-order valence-electron chi connectivity index (χ2n) is 6.22. The summed E-state index contributed by atoms with van der Waals surface area (Å²) in [6, 6.07) is 23.2. The second kappa shape index (κ2) is 9.50. The Morgan fingerprint density at radius 1 is 0.966 bits per heavy atom. The molecule has 0 saturated heterocycles. The Morgan fingerprint density at radius 2 is 1.69 bits per heavy atom. The fraction of sp³-hybridized carbons (Fsp3) is 0.174. The molecule has 0 aliphatic heterocycles. The molecule has 0 saturated carbocycles. The molecular weight excluding hydrogens is 362 g/mol. The molecule has 2 heterocycles. The summed E-state index contributed by atoms with van der Waals surface area (Å²) in [5.41, 5.74) is 10.0. The lowest BCUT2D eigenvalue weighted by Crippen LogP contribution is -2.25. The zero-order valence-electron chi connectivity index (χ0n) is 16.7. The van der Waals surface area contributed by atoms with E-state index < -0.39 is 0 Å². The third kappa shape index (κ3) is 4.79. The molecule has 29 heavy (non-hydrogen) atoms. The van der Waals surface area contributed by atoms with Crippen LogP contribution >= 0.6 is 0 Å². The van der Waals surface area contributed by atoms with Crippen molar-refractivity contribution < 1.29 is 4.79 Å². The van der Waals surface area contributed by atoms with Gasteiger partial charge in [0.15, 0.2) is 5.65 Å². The van der Waals surface area contributed by atoms with Crippen LogP contribution in [-0.4, -0.2) is 27.0 Å². The Kier molecular flexibility index (Phi) is 6.58. The molecule has 2 aromatic heterocycles. The van der Waals surface area contributed by atoms with Crippen molar-refractivity contribution in [2.75, 3.05) is 12.3 Å². The van der Waals surface area contributed by atoms with Crippen LogP contribution in [0.15, 0.2) is 72.8 Å². The van der Waals surface area contributed by atoms with Crippen molar-refractivity contribution >= 4 is 17.5 Å². The number of carbonyl (C=O) groups excluding carboxylic acids is 1. The van der Waals surface area contributed by atoms with E-state index >= 15 is 0 Å². The summed E-state index contributed by atoms with van der Waals surface area (Å²) in [5.74, 6) is 0.151. The lowest BCUT2D eigenvalue weighted by atomic mass is 10.1. The number of fused-ring (bicyclic) bond motifs is 1. The van der Waals surface area contributed by atoms with Crippen LogP contribution in [-0.2, 0) is 6.42 Å². The molecule has 0 atom stereocenters. The topological polar surface area (TPSA) is 85.3 Å². The van der Waals surface area contributed by atoms with Crippen LogP contribution in [0.2, 0.25) is 0 Å². The van der Waals surface area contributed by atoms with E-state index in [0.717, 1.165) is 17.7 Å². The van der Waals surface area contributed by atoms with E-state index in [-0.39, 0.29) is 11.9 Å². The van der Waals surface area contributed by atoms with Crippen LogP contribution in [0, 0.1) is 0 Å². The zero-order chi connectivity index (χ0) is 20.6. The molecule has 0 bridgehead atoms. The van der Waals surface area contributed by atoms with Crippen LogP contribution in [0.4, 0.5) is 5.95 Å². The van der Waals surface area contributed by atoms with Gasteiger partial charge in [-0.05, 0) is 36.2 Å². The van der Waals surface area contributed by atoms with Crippen LogP contribution < -0.4 is 11.1 Å². The third-order valence-electron chi connectivity index (χ3n) is 4.36. The highest BCUT2D eigenvalue weighted by Gasteiger charge is 2.09. The van der Waals surface area contributed by atoms with Gasteiger partial charge in [-0.1, -0.05) is 62.4 Å². The number of anilines is 1. The Balaban J connectivity index is 0.00000117. The average Bonchev–Trinajstić information content (AvgIpc) is 3.16. The molecule has 0 unspecified atom stereocenters. The maximum Gasteiger partial charge on any atom is 0.251 e. The number of rotatable bonds is 5. The van der Waals surface area contributed by atoms with Gasteiger partial charge in [-0.15, -0.1) is 5.10 Å². The number of aromatic nitrogens is 3. The smallest absolute Gasteiger partial charge is 0.251 e. The Hall–Kier alpha value is -3.67. The normalized spacial score (nSPS) is 10.3. The minimum atomic E-state index is -0.0827. The van der Waals surface area contributed by atoms with E-state index in [1.165, 1.54) is 5.56 Å². The molecule has 148 valence electrons. The summed E-state index contributed by atoms with van der Waals surface area (Å²) in [7, 11) is 0. The molecule has 4 aromatic rings. The number of amides is 1. The van der Waals surface area contributed by atoms with Gasteiger partial charge < -0.3 is 11.1 Å². The predicted molar refractivity (Wildman–Crippen MR) is 117 cm³/mol. The van der Waals surface area contributed by atoms with Crippen LogP contribution in [0.3, 0.4) is 0 Å². The molecule has 0 spiro atoms. The number of hydrogen-bond acceptors (Lipinski definition) is 4. The molecule has 6 nitrogen and oxygen atoms in total. The predicted octanol–water partition coefficient (Wildman–Crippen LogP) is 3.98. The van der Waals surface area contributed by atoms with Gasteiger partial charge in [0, 0.05) is 17.7 Å². The highest BCUT2D eigenvalue weighted by Crippen LogP contribution is 2.21. The van der Waals surface area contributed by atoms with Gasteiger partial charge in [-0.3, -0.25) is 4.79 Å². The largest absolute Gasteiger partial charge is 0.366 e. The van der Waals surface area contributed by atoms with Gasteiger partial charge in [-0.25, -0.2) is 4.52 Å². The maximum absolute atomic E-state index is 12.3. The summed E-state index contributed by atoms with van der Waals surface area (Å²) >= 11 is 0. The Bertz CT molecular complexity index is 1070. The summed E-state index contributed by atoms with van der Waals surface area (Å²) in [5, 5.41) is 7.18. The lowest BCUT2D eigenvalue weighted by molar-refractivity contribution is 0.0954. The summed E-state index contributed by atoms with van der Waals surface area (Å²) in [6.45, 7) is 4.60. The van der Waals surface area contributed by atoms with Gasteiger partial charge >= 0.3 is 0 Å². The summed E-state index contributed by atoms with van der Waals surface area (Å²) < 4.78 is 1.70. The van der Waals surface area contributed by atoms with Gasteiger partial charge in [0.05, 0.1) is 5.69 Å². The third-order valence-corrected chi connectivity index (χ3v) is 4.36. The average molecular weight is 387 g/mol. The first kappa shape index (κ1) is 20.1. The van der Waals surface area contributed by atoms with E-state index in [1.807, 2.05) is 74.5 Å². The molecular formula is C23H25N5O. The van der Waals surface area contributed by atoms with Crippen molar-refractivity contribution in [3.63, 3.8) is 0 Å². The molecule has 4 rings (SSSR count). The van der Waals surface area contributed by atoms with Gasteiger partial charge in [0.1, 0.15) is 0 Å². The summed E-state index contributed by atoms with van der Waals surface area (Å²) in [4.78, 5) is 16.5. The fourth-order valence-corrected chi connectivity index (χ4v) is 3.00. The number of carbonyl (C=O) groups is 1. The number of hydrogen-bond donors (Lipinski definition) is 2. The van der Waals surface area contributed by atoms with Crippen LogP contribution in [0.1, 0.15) is 29.8 Å². The van der Waals surface area contributed by atoms with E-state index in [4.69, 9.17) is 5.73 Å². The van der Waals surface area contributed by atoms with Crippen molar-refractivity contribution in [1.29, 1.82) is 0 Å². The van der Waals surface area contributed by atoms with Gasteiger partial charge in [0.25, 0.3) is 5.91 Å². The maximum atomic E-state index is 12.3. The van der Waals surface area contributed by atoms with Gasteiger partial charge in [0.2, 0.25) is 5.95 Å². The summed E-state index contributed by atoms with van der Waals surface area (Å²) in [6.07, 6.45) is 0.806. The van der Waals surface area contributed by atoms with E-state index in [1.54, 1.807) is 4.52 Å². The minimum absolute atomic E-state index is 0.0827. The van der Waals surface area contributed by atoms with Crippen LogP contribution in [0.25, 0.3) is 16.9 Å². The molecule has 1 amide bonds. The van der Waals surface area contributed by atoms with E-state index in [2.05, 4.69) is 27.5 Å². The molecule has 0 fully saturated rings. The number of nitrogens with zero attached hydrogens (tertiary/aromatic N) is 3. The highest BCUT2D eigenvalue weighted by atomic mass is 16.1. The minimum Gasteiger partial charge on any atom is -0.366 e. The number of pyridine rings is 1. The highest BCUT2D eigenvalue weighted by molar-refractivity contribution is 5.94. The van der Waals surface area contributed by atoms with Gasteiger partial charge in [-0.2, -0.15) is 4.98 Å². The second-order valence-corrected chi connectivity index (χ2v) is 6.22. The molecule has 6 heteroatoms.